The molecule has 21 heavy (non-hydrogen) atoms. The second kappa shape index (κ2) is 5.16. The van der Waals surface area contributed by atoms with E-state index in [2.05, 4.69) is 15.5 Å². The summed E-state index contributed by atoms with van der Waals surface area (Å²) in [5.41, 5.74) is 1.88. The van der Waals surface area contributed by atoms with E-state index in [4.69, 9.17) is 13.3 Å². The predicted octanol–water partition coefficient (Wildman–Crippen LogP) is 3.33. The molecule has 0 aliphatic heterocycles. The molecule has 0 aliphatic carbocycles. The molecule has 0 saturated heterocycles. The van der Waals surface area contributed by atoms with Gasteiger partial charge in [0.15, 0.2) is 0 Å². The fourth-order valence-electron chi connectivity index (χ4n) is 2.67. The zero-order chi connectivity index (χ0) is 14.9. The quantitative estimate of drug-likeness (QED) is 0.699. The Labute approximate surface area is 130 Å². The number of hydrogen-bond acceptors (Lipinski definition) is 4. The van der Waals surface area contributed by atoms with Gasteiger partial charge in [-0.3, -0.25) is 0 Å². The van der Waals surface area contributed by atoms with Crippen molar-refractivity contribution in [3.05, 3.63) is 55.2 Å². The molecular weight excluding hydrogens is 355 g/mol. The van der Waals surface area contributed by atoms with Crippen LogP contribution in [0, 0.1) is 0 Å². The molecule has 1 N–H and O–H groups in total. The van der Waals surface area contributed by atoms with Gasteiger partial charge in [-0.05, 0) is 0 Å². The SMILES string of the molecule is CCC(O)P(Br)(c1ccco1)(c1ccco1)c1ccco1. The number of halogens is 1. The van der Waals surface area contributed by atoms with Gasteiger partial charge in [0.1, 0.15) is 0 Å². The van der Waals surface area contributed by atoms with Crippen LogP contribution in [0.25, 0.3) is 0 Å². The first-order valence-corrected chi connectivity index (χ1v) is 11.0. The van der Waals surface area contributed by atoms with Crippen LogP contribution in [0.5, 0.6) is 0 Å². The average molecular weight is 371 g/mol. The van der Waals surface area contributed by atoms with E-state index in [9.17, 15) is 5.11 Å². The van der Waals surface area contributed by atoms with Gasteiger partial charge in [0.25, 0.3) is 0 Å². The molecule has 0 fully saturated rings. The Morgan fingerprint density at radius 2 is 1.33 bits per heavy atom. The minimum absolute atomic E-state index is 0.519. The Morgan fingerprint density at radius 1 is 0.952 bits per heavy atom. The maximum atomic E-state index is 11.0. The predicted molar refractivity (Wildman–Crippen MR) is 87.2 cm³/mol. The fourth-order valence-corrected chi connectivity index (χ4v) is 9.50. The molecule has 0 saturated carbocycles. The molecule has 6 heteroatoms. The third-order valence-corrected chi connectivity index (χ3v) is 13.1. The van der Waals surface area contributed by atoms with Gasteiger partial charge >= 0.3 is 130 Å². The summed E-state index contributed by atoms with van der Waals surface area (Å²) in [5.74, 6) is -0.737. The van der Waals surface area contributed by atoms with E-state index in [1.165, 1.54) is 0 Å². The van der Waals surface area contributed by atoms with Gasteiger partial charge in [0.2, 0.25) is 0 Å². The van der Waals surface area contributed by atoms with Gasteiger partial charge in [-0.15, -0.1) is 0 Å². The van der Waals surface area contributed by atoms with Crippen LogP contribution < -0.4 is 16.5 Å². The third-order valence-electron chi connectivity index (χ3n) is 3.74. The van der Waals surface area contributed by atoms with Crippen molar-refractivity contribution in [1.29, 1.82) is 0 Å². The standard InChI is InChI=1S/C15H16BrO4P/c1-2-12(17)21(16,13-6-3-9-18-13,14-7-4-10-19-14)15-8-5-11-20-15/h3-12,17H,2H2,1H3. The maximum absolute atomic E-state index is 11.0. The monoisotopic (exact) mass is 370 g/mol. The summed E-state index contributed by atoms with van der Waals surface area (Å²) >= 11 is 3.88. The Hall–Kier alpha value is -1.29. The molecule has 1 atom stereocenters. The number of rotatable bonds is 5. The molecule has 0 bridgehead atoms. The number of hydrogen-bond donors (Lipinski definition) is 1. The van der Waals surface area contributed by atoms with E-state index < -0.39 is 11.2 Å². The summed E-state index contributed by atoms with van der Waals surface area (Å²) in [7, 11) is 0. The molecule has 3 rings (SSSR count). The first-order chi connectivity index (χ1) is 10.1. The second-order valence-electron chi connectivity index (χ2n) is 4.82. The summed E-state index contributed by atoms with van der Waals surface area (Å²) in [4.78, 5) is 0. The van der Waals surface area contributed by atoms with Crippen LogP contribution in [-0.4, -0.2) is 11.0 Å². The van der Waals surface area contributed by atoms with Crippen molar-refractivity contribution < 1.29 is 18.4 Å². The summed E-state index contributed by atoms with van der Waals surface area (Å²) in [6, 6.07) is 10.9. The first-order valence-electron chi connectivity index (χ1n) is 6.66. The molecule has 1 unspecified atom stereocenters. The minimum atomic E-state index is -3.51. The molecule has 0 aromatic carbocycles. The van der Waals surface area contributed by atoms with Gasteiger partial charge in [-0.25, -0.2) is 0 Å². The van der Waals surface area contributed by atoms with Crippen molar-refractivity contribution in [1.82, 2.24) is 0 Å². The fraction of sp³-hybridized carbons (Fsp3) is 0.200. The number of furan rings is 3. The van der Waals surface area contributed by atoms with E-state index >= 15 is 0 Å². The summed E-state index contributed by atoms with van der Waals surface area (Å²) in [6.45, 7) is 1.92. The Bertz CT molecular complexity index is 601. The Kier molecular flexibility index (Phi) is 3.60. The van der Waals surface area contributed by atoms with Crippen LogP contribution in [0.1, 0.15) is 13.3 Å². The molecule has 3 aromatic rings. The van der Waals surface area contributed by atoms with E-state index in [0.29, 0.717) is 22.9 Å². The zero-order valence-electron chi connectivity index (χ0n) is 11.5. The van der Waals surface area contributed by atoms with Crippen molar-refractivity contribution in [2.24, 2.45) is 0 Å². The van der Waals surface area contributed by atoms with E-state index in [0.717, 1.165) is 0 Å². The molecular formula is C15H16BrO4P. The summed E-state index contributed by atoms with van der Waals surface area (Å²) in [6.07, 6.45) is 5.29. The molecule has 3 aromatic heterocycles. The van der Waals surface area contributed by atoms with Crippen LogP contribution in [0.3, 0.4) is 0 Å². The Morgan fingerprint density at radius 3 is 1.57 bits per heavy atom. The normalized spacial score (nSPS) is 15.5. The van der Waals surface area contributed by atoms with Gasteiger partial charge in [-0.2, -0.15) is 0 Å². The second-order valence-corrected chi connectivity index (χ2v) is 13.3. The van der Waals surface area contributed by atoms with E-state index in [1.807, 2.05) is 25.1 Å². The Balaban J connectivity index is 2.43. The number of aliphatic hydroxyl groups excluding tert-OH is 1. The first kappa shape index (κ1) is 14.6. The van der Waals surface area contributed by atoms with Crippen LogP contribution >= 0.6 is 20.8 Å². The molecule has 0 radical (unpaired) electrons. The van der Waals surface area contributed by atoms with Gasteiger partial charge < -0.3 is 0 Å². The van der Waals surface area contributed by atoms with Crippen LogP contribution in [0.15, 0.2) is 68.4 Å². The topological polar surface area (TPSA) is 59.7 Å². The van der Waals surface area contributed by atoms with E-state index in [1.54, 1.807) is 37.0 Å². The van der Waals surface area contributed by atoms with Crippen LogP contribution in [-0.2, 0) is 0 Å². The van der Waals surface area contributed by atoms with Gasteiger partial charge in [0, 0.05) is 0 Å². The van der Waals surface area contributed by atoms with Crippen LogP contribution in [0.2, 0.25) is 0 Å². The van der Waals surface area contributed by atoms with Crippen molar-refractivity contribution in [3.8, 4) is 0 Å². The molecule has 4 nitrogen and oxygen atoms in total. The van der Waals surface area contributed by atoms with Gasteiger partial charge in [-0.1, -0.05) is 0 Å². The van der Waals surface area contributed by atoms with Crippen molar-refractivity contribution in [2.45, 2.75) is 19.2 Å². The van der Waals surface area contributed by atoms with Gasteiger partial charge in [0.05, 0.1) is 0 Å². The molecule has 0 spiro atoms. The summed E-state index contributed by atoms with van der Waals surface area (Å²) < 4.78 is 17.1. The molecule has 0 amide bonds. The average Bonchev–Trinajstić information content (AvgIpc) is 3.29. The molecule has 0 aliphatic rings. The van der Waals surface area contributed by atoms with Crippen LogP contribution in [0.4, 0.5) is 0 Å². The van der Waals surface area contributed by atoms with Crippen molar-refractivity contribution >= 4 is 37.3 Å². The van der Waals surface area contributed by atoms with Crippen molar-refractivity contribution in [2.75, 3.05) is 0 Å². The zero-order valence-corrected chi connectivity index (χ0v) is 14.0. The van der Waals surface area contributed by atoms with E-state index in [-0.39, 0.29) is 0 Å². The van der Waals surface area contributed by atoms with Crippen molar-refractivity contribution in [3.63, 3.8) is 0 Å². The number of aliphatic hydroxyl groups is 1. The summed E-state index contributed by atoms with van der Waals surface area (Å²) in [5, 5.41) is 7.47. The third kappa shape index (κ3) is 1.81. The molecule has 3 heterocycles. The molecule has 112 valence electrons.